The van der Waals surface area contributed by atoms with Gasteiger partial charge in [-0.15, -0.1) is 0 Å². The lowest BCUT2D eigenvalue weighted by atomic mass is 10.0. The molecule has 1 saturated heterocycles. The van der Waals surface area contributed by atoms with E-state index < -0.39 is 4.92 Å². The Hall–Kier alpha value is -2.97. The van der Waals surface area contributed by atoms with E-state index in [9.17, 15) is 14.9 Å². The molecule has 32 heavy (non-hydrogen) atoms. The second-order valence-corrected chi connectivity index (χ2v) is 8.58. The second-order valence-electron chi connectivity index (χ2n) is 7.79. The molecule has 1 amide bonds. The summed E-state index contributed by atoms with van der Waals surface area (Å²) in [6.07, 6.45) is 3.20. The molecule has 0 aliphatic carbocycles. The third-order valence-electron chi connectivity index (χ3n) is 5.31. The van der Waals surface area contributed by atoms with Gasteiger partial charge in [-0.05, 0) is 41.4 Å². The molecule has 1 aliphatic rings. The third-order valence-corrected chi connectivity index (χ3v) is 5.97. The van der Waals surface area contributed by atoms with Crippen LogP contribution in [0.4, 0.5) is 11.4 Å². The number of carbonyl (C=O) groups excluding carboxylic acids is 1. The number of hydrogen-bond donors (Lipinski definition) is 1. The first-order chi connectivity index (χ1) is 15.3. The van der Waals surface area contributed by atoms with Crippen molar-refractivity contribution in [3.8, 4) is 0 Å². The van der Waals surface area contributed by atoms with Crippen LogP contribution in [0.25, 0.3) is 6.08 Å². The van der Waals surface area contributed by atoms with Gasteiger partial charge in [-0.25, -0.2) is 0 Å². The van der Waals surface area contributed by atoms with Gasteiger partial charge in [0, 0.05) is 38.3 Å². The van der Waals surface area contributed by atoms with Crippen LogP contribution in [0.2, 0.25) is 5.02 Å². The summed E-state index contributed by atoms with van der Waals surface area (Å²) >= 11 is 11.6. The van der Waals surface area contributed by atoms with Crippen molar-refractivity contribution in [3.63, 3.8) is 0 Å². The van der Waals surface area contributed by atoms with Crippen molar-refractivity contribution in [2.24, 2.45) is 0 Å². The molecular formula is C23H25ClN4O3S. The fraction of sp³-hybridized carbons (Fsp3) is 0.304. The molecule has 2 aromatic carbocycles. The second kappa shape index (κ2) is 10.6. The van der Waals surface area contributed by atoms with Crippen LogP contribution in [0.1, 0.15) is 30.9 Å². The maximum absolute atomic E-state index is 12.3. The lowest BCUT2D eigenvalue weighted by molar-refractivity contribution is -0.384. The van der Waals surface area contributed by atoms with Crippen molar-refractivity contribution in [2.45, 2.75) is 19.8 Å². The zero-order valence-corrected chi connectivity index (χ0v) is 19.5. The topological polar surface area (TPSA) is 78.7 Å². The molecule has 1 heterocycles. The monoisotopic (exact) mass is 472 g/mol. The molecule has 0 saturated carbocycles. The summed E-state index contributed by atoms with van der Waals surface area (Å²) in [5.41, 5.74) is 2.58. The molecule has 0 aromatic heterocycles. The Morgan fingerprint density at radius 1 is 1.16 bits per heavy atom. The number of nitrogens with one attached hydrogen (secondary N) is 1. The zero-order chi connectivity index (χ0) is 23.3. The molecule has 0 bridgehead atoms. The summed E-state index contributed by atoms with van der Waals surface area (Å²) in [6, 6.07) is 12.7. The third kappa shape index (κ3) is 5.83. The van der Waals surface area contributed by atoms with E-state index in [1.54, 1.807) is 18.2 Å². The van der Waals surface area contributed by atoms with Crippen LogP contribution in [-0.4, -0.2) is 47.0 Å². The molecule has 0 spiro atoms. The van der Waals surface area contributed by atoms with Crippen LogP contribution in [0.3, 0.4) is 0 Å². The molecule has 2 aromatic rings. The van der Waals surface area contributed by atoms with Gasteiger partial charge in [-0.1, -0.05) is 55.8 Å². The number of piperazine rings is 1. The highest BCUT2D eigenvalue weighted by atomic mass is 35.5. The molecule has 168 valence electrons. The first kappa shape index (κ1) is 23.7. The number of anilines is 1. The SMILES string of the molecule is CC(C)c1ccc(/C=C/C(=O)NC(=S)N2CCN(c3c(Cl)cccc3[N+](=O)[O-])CC2)cc1. The largest absolute Gasteiger partial charge is 0.361 e. The number of amides is 1. The highest BCUT2D eigenvalue weighted by Crippen LogP contribution is 2.35. The Morgan fingerprint density at radius 2 is 1.81 bits per heavy atom. The van der Waals surface area contributed by atoms with E-state index in [-0.39, 0.29) is 11.6 Å². The minimum Gasteiger partial charge on any atom is -0.361 e. The maximum atomic E-state index is 12.3. The summed E-state index contributed by atoms with van der Waals surface area (Å²) in [5, 5.41) is 14.8. The van der Waals surface area contributed by atoms with Gasteiger partial charge in [-0.2, -0.15) is 0 Å². The number of nitrogens with zero attached hydrogens (tertiary/aromatic N) is 3. The number of halogens is 1. The Kier molecular flexibility index (Phi) is 7.82. The summed E-state index contributed by atoms with van der Waals surface area (Å²) < 4.78 is 0. The van der Waals surface area contributed by atoms with Crippen LogP contribution in [-0.2, 0) is 4.79 Å². The number of nitro groups is 1. The molecule has 1 fully saturated rings. The minimum atomic E-state index is -0.429. The predicted octanol–water partition coefficient (Wildman–Crippen LogP) is 4.61. The molecule has 7 nitrogen and oxygen atoms in total. The summed E-state index contributed by atoms with van der Waals surface area (Å²) in [7, 11) is 0. The Bertz CT molecular complexity index is 1030. The van der Waals surface area contributed by atoms with Crippen molar-refractivity contribution in [2.75, 3.05) is 31.1 Å². The summed E-state index contributed by atoms with van der Waals surface area (Å²) in [4.78, 5) is 27.0. The molecule has 0 atom stereocenters. The minimum absolute atomic E-state index is 0.0200. The molecule has 1 aliphatic heterocycles. The Balaban J connectivity index is 1.54. The van der Waals surface area contributed by atoms with Gasteiger partial charge in [0.15, 0.2) is 5.11 Å². The number of rotatable bonds is 5. The first-order valence-corrected chi connectivity index (χ1v) is 11.1. The summed E-state index contributed by atoms with van der Waals surface area (Å²) in [6.45, 7) is 6.30. The van der Waals surface area contributed by atoms with Gasteiger partial charge in [-0.3, -0.25) is 20.2 Å². The van der Waals surface area contributed by atoms with Crippen LogP contribution in [0.5, 0.6) is 0 Å². The van der Waals surface area contributed by atoms with E-state index in [4.69, 9.17) is 23.8 Å². The smallest absolute Gasteiger partial charge is 0.294 e. The Labute approximate surface area is 197 Å². The number of para-hydroxylation sites is 1. The van der Waals surface area contributed by atoms with Gasteiger partial charge >= 0.3 is 0 Å². The molecule has 0 unspecified atom stereocenters. The molecular weight excluding hydrogens is 448 g/mol. The van der Waals surface area contributed by atoms with Gasteiger partial charge < -0.3 is 9.80 Å². The highest BCUT2D eigenvalue weighted by molar-refractivity contribution is 7.80. The number of benzene rings is 2. The van der Waals surface area contributed by atoms with Crippen molar-refractivity contribution in [3.05, 3.63) is 74.8 Å². The van der Waals surface area contributed by atoms with Crippen molar-refractivity contribution >= 4 is 52.3 Å². The van der Waals surface area contributed by atoms with E-state index >= 15 is 0 Å². The quantitative estimate of drug-likeness (QED) is 0.296. The van der Waals surface area contributed by atoms with E-state index in [0.717, 1.165) is 5.56 Å². The lowest BCUT2D eigenvalue weighted by Gasteiger charge is -2.37. The normalized spacial score (nSPS) is 14.1. The maximum Gasteiger partial charge on any atom is 0.294 e. The van der Waals surface area contributed by atoms with E-state index in [2.05, 4.69) is 31.3 Å². The number of nitro benzene ring substituents is 1. The van der Waals surface area contributed by atoms with Gasteiger partial charge in [0.25, 0.3) is 5.69 Å². The van der Waals surface area contributed by atoms with Crippen LogP contribution >= 0.6 is 23.8 Å². The van der Waals surface area contributed by atoms with Crippen molar-refractivity contribution in [1.29, 1.82) is 0 Å². The van der Waals surface area contributed by atoms with E-state index in [1.807, 2.05) is 21.9 Å². The van der Waals surface area contributed by atoms with Crippen molar-refractivity contribution in [1.82, 2.24) is 10.2 Å². The first-order valence-electron chi connectivity index (χ1n) is 10.3. The number of thiocarbonyl (C=S) groups is 1. The highest BCUT2D eigenvalue weighted by Gasteiger charge is 2.27. The number of carbonyl (C=O) groups is 1. The van der Waals surface area contributed by atoms with E-state index in [0.29, 0.717) is 47.9 Å². The number of hydrogen-bond acceptors (Lipinski definition) is 5. The van der Waals surface area contributed by atoms with Gasteiger partial charge in [0.2, 0.25) is 5.91 Å². The Morgan fingerprint density at radius 3 is 2.41 bits per heavy atom. The zero-order valence-electron chi connectivity index (χ0n) is 18.0. The average Bonchev–Trinajstić information content (AvgIpc) is 2.77. The fourth-order valence-electron chi connectivity index (χ4n) is 3.49. The molecule has 1 N–H and O–H groups in total. The standard InChI is InChI=1S/C23H25ClN4O3S/c1-16(2)18-9-6-17(7-10-18)8-11-21(29)25-23(32)27-14-12-26(13-15-27)22-19(24)4-3-5-20(22)28(30)31/h3-11,16H,12-15H2,1-2H3,(H,25,29,32)/b11-8+. The van der Waals surface area contributed by atoms with Crippen LogP contribution in [0, 0.1) is 10.1 Å². The van der Waals surface area contributed by atoms with Gasteiger partial charge in [0.1, 0.15) is 5.69 Å². The molecule has 3 rings (SSSR count). The molecule has 9 heteroatoms. The average molecular weight is 473 g/mol. The fourth-order valence-corrected chi connectivity index (χ4v) is 4.06. The van der Waals surface area contributed by atoms with Crippen LogP contribution < -0.4 is 10.2 Å². The van der Waals surface area contributed by atoms with Crippen molar-refractivity contribution < 1.29 is 9.72 Å². The molecule has 0 radical (unpaired) electrons. The summed E-state index contributed by atoms with van der Waals surface area (Å²) in [5.74, 6) is 0.158. The van der Waals surface area contributed by atoms with E-state index in [1.165, 1.54) is 17.7 Å². The van der Waals surface area contributed by atoms with Crippen LogP contribution in [0.15, 0.2) is 48.5 Å². The van der Waals surface area contributed by atoms with Gasteiger partial charge in [0.05, 0.1) is 9.95 Å². The lowest BCUT2D eigenvalue weighted by Crippen LogP contribution is -2.52. The predicted molar refractivity (Wildman–Crippen MR) is 132 cm³/mol.